The van der Waals surface area contributed by atoms with Gasteiger partial charge in [-0.15, -0.1) is 0 Å². The molecule has 0 bridgehead atoms. The smallest absolute Gasteiger partial charge is 0.213 e. The van der Waals surface area contributed by atoms with Crippen molar-refractivity contribution in [1.82, 2.24) is 4.98 Å². The van der Waals surface area contributed by atoms with Gasteiger partial charge in [0.05, 0.1) is 5.39 Å². The Morgan fingerprint density at radius 2 is 1.31 bits per heavy atom. The monoisotopic (exact) mass is 652 g/mol. The molecule has 1 N–H and O–H groups in total. The first kappa shape index (κ1) is 31.6. The Balaban J connectivity index is 0.00000420. The summed E-state index contributed by atoms with van der Waals surface area (Å²) in [6.45, 7) is 3.39. The number of nitrogens with one attached hydrogen (secondary N) is 1. The zero-order valence-corrected chi connectivity index (χ0v) is 26.9. The molecular formula is C35H46Br2N2. The highest BCUT2D eigenvalue weighted by molar-refractivity contribution is 9.10. The molecule has 0 aliphatic heterocycles. The zero-order valence-electron chi connectivity index (χ0n) is 23.7. The Hall–Kier alpha value is -1.91. The van der Waals surface area contributed by atoms with E-state index < -0.39 is 0 Å². The van der Waals surface area contributed by atoms with Crippen LogP contribution in [0.3, 0.4) is 0 Å². The molecule has 2 aromatic carbocycles. The summed E-state index contributed by atoms with van der Waals surface area (Å²) >= 11 is 3.60. The number of unbranched alkanes of at least 4 members (excludes halogenated alkanes) is 13. The van der Waals surface area contributed by atoms with Crippen molar-refractivity contribution in [2.45, 2.75) is 103 Å². The third kappa shape index (κ3) is 9.90. The van der Waals surface area contributed by atoms with Crippen molar-refractivity contribution < 1.29 is 21.5 Å². The highest BCUT2D eigenvalue weighted by Gasteiger charge is 2.11. The van der Waals surface area contributed by atoms with E-state index in [2.05, 4.69) is 105 Å². The number of para-hydroxylation sites is 1. The van der Waals surface area contributed by atoms with Crippen molar-refractivity contribution in [2.24, 2.45) is 0 Å². The van der Waals surface area contributed by atoms with Gasteiger partial charge in [-0.05, 0) is 41.8 Å². The number of fused-ring (bicyclic) bond motifs is 2. The van der Waals surface area contributed by atoms with Crippen molar-refractivity contribution >= 4 is 49.9 Å². The van der Waals surface area contributed by atoms with Gasteiger partial charge < -0.3 is 22.0 Å². The molecule has 4 rings (SSSR count). The summed E-state index contributed by atoms with van der Waals surface area (Å²) in [6.07, 6.45) is 28.5. The molecule has 0 spiro atoms. The van der Waals surface area contributed by atoms with Crippen LogP contribution in [-0.2, 0) is 6.54 Å². The van der Waals surface area contributed by atoms with Crippen molar-refractivity contribution in [3.63, 3.8) is 0 Å². The molecule has 0 saturated heterocycles. The van der Waals surface area contributed by atoms with Crippen molar-refractivity contribution in [1.29, 1.82) is 0 Å². The van der Waals surface area contributed by atoms with E-state index in [1.807, 2.05) is 0 Å². The van der Waals surface area contributed by atoms with Crippen molar-refractivity contribution in [3.05, 3.63) is 76.5 Å². The van der Waals surface area contributed by atoms with E-state index in [1.54, 1.807) is 0 Å². The summed E-state index contributed by atoms with van der Waals surface area (Å²) in [4.78, 5) is 3.38. The van der Waals surface area contributed by atoms with E-state index in [-0.39, 0.29) is 17.0 Å². The first-order chi connectivity index (χ1) is 18.8. The SMILES string of the molecule is CCCCCCCCCCCCCCCC[n+]1ccc(/C=C/c2c[nH]c3ccc(Br)cc23)c2ccccc21.[Br-]. The minimum absolute atomic E-state index is 0. The van der Waals surface area contributed by atoms with Crippen LogP contribution in [0, 0.1) is 0 Å². The topological polar surface area (TPSA) is 19.7 Å². The second-order valence-electron chi connectivity index (χ2n) is 10.8. The fourth-order valence-electron chi connectivity index (χ4n) is 5.56. The van der Waals surface area contributed by atoms with Crippen LogP contribution in [0.2, 0.25) is 0 Å². The number of H-pyrrole nitrogens is 1. The van der Waals surface area contributed by atoms with Gasteiger partial charge in [0, 0.05) is 40.1 Å². The maximum atomic E-state index is 3.60. The number of nitrogens with zero attached hydrogens (tertiary/aromatic N) is 1. The number of benzene rings is 2. The summed E-state index contributed by atoms with van der Waals surface area (Å²) in [5.41, 5.74) is 4.97. The maximum absolute atomic E-state index is 3.60. The largest absolute Gasteiger partial charge is 1.00 e. The molecule has 0 saturated carbocycles. The summed E-state index contributed by atoms with van der Waals surface area (Å²) < 4.78 is 3.55. The standard InChI is InChI=1S/C35H45BrN2.BrH/c1-2-3-4-5-6-7-8-9-10-11-12-13-14-17-25-38-26-24-29(32-18-15-16-19-35(32)38)20-21-30-28-37-34-23-22-31(36)27-33(30)34;/h15-16,18-24,26-28H,2-14,17,25H2,1H3;1H. The molecule has 2 heterocycles. The molecule has 0 aliphatic rings. The Bertz CT molecular complexity index is 1290. The van der Waals surface area contributed by atoms with Gasteiger partial charge in [0.15, 0.2) is 6.20 Å². The van der Waals surface area contributed by atoms with Crippen LogP contribution >= 0.6 is 15.9 Å². The lowest BCUT2D eigenvalue weighted by Crippen LogP contribution is -3.00. The Morgan fingerprint density at radius 1 is 0.692 bits per heavy atom. The Kier molecular flexibility index (Phi) is 14.4. The number of pyridine rings is 1. The van der Waals surface area contributed by atoms with Gasteiger partial charge in [-0.25, -0.2) is 0 Å². The summed E-state index contributed by atoms with van der Waals surface area (Å²) in [6, 6.07) is 17.5. The quantitative estimate of drug-likeness (QED) is 0.0879. The van der Waals surface area contributed by atoms with Crippen LogP contribution < -0.4 is 21.5 Å². The van der Waals surface area contributed by atoms with E-state index in [9.17, 15) is 0 Å². The number of rotatable bonds is 17. The van der Waals surface area contributed by atoms with Gasteiger partial charge in [-0.2, -0.15) is 4.57 Å². The van der Waals surface area contributed by atoms with Gasteiger partial charge in [0.2, 0.25) is 5.52 Å². The average molecular weight is 655 g/mol. The zero-order chi connectivity index (χ0) is 26.4. The highest BCUT2D eigenvalue weighted by atomic mass is 79.9. The lowest BCUT2D eigenvalue weighted by molar-refractivity contribution is -0.671. The van der Waals surface area contributed by atoms with Gasteiger partial charge in [-0.3, -0.25) is 0 Å². The van der Waals surface area contributed by atoms with E-state index in [0.717, 1.165) is 16.5 Å². The fourth-order valence-corrected chi connectivity index (χ4v) is 5.92. The molecule has 0 amide bonds. The van der Waals surface area contributed by atoms with Gasteiger partial charge >= 0.3 is 0 Å². The summed E-state index contributed by atoms with van der Waals surface area (Å²) in [5, 5.41) is 2.56. The molecule has 4 heteroatoms. The lowest BCUT2D eigenvalue weighted by Gasteiger charge is -2.05. The van der Waals surface area contributed by atoms with E-state index >= 15 is 0 Å². The minimum atomic E-state index is 0. The van der Waals surface area contributed by atoms with E-state index in [1.165, 1.54) is 117 Å². The maximum Gasteiger partial charge on any atom is 0.213 e. The summed E-state index contributed by atoms with van der Waals surface area (Å²) in [7, 11) is 0. The molecule has 0 unspecified atom stereocenters. The summed E-state index contributed by atoms with van der Waals surface area (Å²) in [5.74, 6) is 0. The number of halogens is 2. The predicted molar refractivity (Wildman–Crippen MR) is 169 cm³/mol. The normalized spacial score (nSPS) is 11.5. The van der Waals surface area contributed by atoms with Crippen LogP contribution in [0.25, 0.3) is 34.0 Å². The molecular weight excluding hydrogens is 608 g/mol. The van der Waals surface area contributed by atoms with E-state index in [0.29, 0.717) is 0 Å². The van der Waals surface area contributed by atoms with Gasteiger partial charge in [0.25, 0.3) is 0 Å². The Labute approximate surface area is 255 Å². The molecule has 2 aromatic heterocycles. The number of hydrogen-bond donors (Lipinski definition) is 1. The molecule has 210 valence electrons. The minimum Gasteiger partial charge on any atom is -1.00 e. The first-order valence-electron chi connectivity index (χ1n) is 15.1. The first-order valence-corrected chi connectivity index (χ1v) is 15.9. The molecule has 0 aliphatic carbocycles. The highest BCUT2D eigenvalue weighted by Crippen LogP contribution is 2.25. The van der Waals surface area contributed by atoms with Crippen LogP contribution in [-0.4, -0.2) is 4.98 Å². The predicted octanol–water partition coefficient (Wildman–Crippen LogP) is 8.03. The van der Waals surface area contributed by atoms with Gasteiger partial charge in [0.1, 0.15) is 6.54 Å². The number of aryl methyl sites for hydroxylation is 1. The molecule has 0 atom stereocenters. The van der Waals surface area contributed by atoms with Gasteiger partial charge in [-0.1, -0.05) is 124 Å². The van der Waals surface area contributed by atoms with Crippen molar-refractivity contribution in [3.8, 4) is 0 Å². The van der Waals surface area contributed by atoms with Crippen LogP contribution in [0.1, 0.15) is 108 Å². The second-order valence-corrected chi connectivity index (χ2v) is 11.8. The molecule has 0 radical (unpaired) electrons. The van der Waals surface area contributed by atoms with Crippen molar-refractivity contribution in [2.75, 3.05) is 0 Å². The van der Waals surface area contributed by atoms with Crippen LogP contribution in [0.5, 0.6) is 0 Å². The number of hydrogen-bond acceptors (Lipinski definition) is 0. The molecule has 39 heavy (non-hydrogen) atoms. The molecule has 2 nitrogen and oxygen atoms in total. The van der Waals surface area contributed by atoms with E-state index in [4.69, 9.17) is 0 Å². The Morgan fingerprint density at radius 3 is 2.00 bits per heavy atom. The lowest BCUT2D eigenvalue weighted by atomic mass is 10.0. The third-order valence-corrected chi connectivity index (χ3v) is 8.32. The van der Waals surface area contributed by atoms with Crippen LogP contribution in [0.4, 0.5) is 0 Å². The van der Waals surface area contributed by atoms with Crippen LogP contribution in [0.15, 0.2) is 65.4 Å². The molecule has 4 aromatic rings. The molecule has 0 fully saturated rings. The average Bonchev–Trinajstić information content (AvgIpc) is 3.34. The number of aromatic amines is 1. The number of aromatic nitrogens is 2. The second kappa shape index (κ2) is 17.7. The third-order valence-electron chi connectivity index (χ3n) is 7.83. The fraction of sp³-hybridized carbons (Fsp3) is 0.457.